The van der Waals surface area contributed by atoms with E-state index in [9.17, 15) is 9.59 Å². The Morgan fingerprint density at radius 1 is 1.27 bits per heavy atom. The van der Waals surface area contributed by atoms with Gasteiger partial charge in [-0.1, -0.05) is 31.2 Å². The molecule has 22 heavy (non-hydrogen) atoms. The van der Waals surface area contributed by atoms with E-state index in [-0.39, 0.29) is 11.8 Å². The fourth-order valence-electron chi connectivity index (χ4n) is 1.96. The average Bonchev–Trinajstić information content (AvgIpc) is 2.95. The number of aromatic nitrogens is 1. The van der Waals surface area contributed by atoms with Gasteiger partial charge in [0, 0.05) is 17.9 Å². The molecule has 1 aromatic heterocycles. The summed E-state index contributed by atoms with van der Waals surface area (Å²) in [4.78, 5) is 27.3. The van der Waals surface area contributed by atoms with Crippen LogP contribution in [0, 0.1) is 0 Å². The summed E-state index contributed by atoms with van der Waals surface area (Å²) in [6.07, 6.45) is 1.000. The standard InChI is InChI=1S/C16H19N3O2S/c1-4-12-5-7-13(8-6-12)14-9-22-16(18-14)19-15(21)10(2)17-11(3)20/h5-10H,4H2,1-3H3,(H,17,20)(H,18,19,21)/t10-/m0/s1. The van der Waals surface area contributed by atoms with Crippen molar-refractivity contribution in [3.63, 3.8) is 0 Å². The van der Waals surface area contributed by atoms with Gasteiger partial charge in [0.2, 0.25) is 11.8 Å². The van der Waals surface area contributed by atoms with Crippen LogP contribution in [-0.2, 0) is 16.0 Å². The first-order chi connectivity index (χ1) is 10.5. The lowest BCUT2D eigenvalue weighted by molar-refractivity contribution is -0.124. The molecule has 0 aliphatic heterocycles. The van der Waals surface area contributed by atoms with E-state index >= 15 is 0 Å². The monoisotopic (exact) mass is 317 g/mol. The highest BCUT2D eigenvalue weighted by Gasteiger charge is 2.15. The van der Waals surface area contributed by atoms with Crippen LogP contribution in [-0.4, -0.2) is 22.8 Å². The second-order valence-corrected chi connectivity index (χ2v) is 5.86. The van der Waals surface area contributed by atoms with E-state index in [0.717, 1.165) is 17.7 Å². The van der Waals surface area contributed by atoms with Gasteiger partial charge in [0.05, 0.1) is 5.69 Å². The van der Waals surface area contributed by atoms with Crippen molar-refractivity contribution in [1.82, 2.24) is 10.3 Å². The third kappa shape index (κ3) is 4.14. The first kappa shape index (κ1) is 16.2. The Morgan fingerprint density at radius 2 is 1.95 bits per heavy atom. The van der Waals surface area contributed by atoms with Gasteiger partial charge in [-0.2, -0.15) is 0 Å². The maximum Gasteiger partial charge on any atom is 0.248 e. The molecule has 2 N–H and O–H groups in total. The fourth-order valence-corrected chi connectivity index (χ4v) is 2.68. The molecule has 1 aromatic carbocycles. The molecule has 1 atom stereocenters. The van der Waals surface area contributed by atoms with E-state index in [1.807, 2.05) is 17.5 Å². The molecule has 0 aliphatic rings. The predicted molar refractivity (Wildman–Crippen MR) is 88.8 cm³/mol. The van der Waals surface area contributed by atoms with Crippen LogP contribution in [0.3, 0.4) is 0 Å². The molecule has 2 aromatic rings. The molecule has 2 rings (SSSR count). The van der Waals surface area contributed by atoms with E-state index in [1.54, 1.807) is 6.92 Å². The first-order valence-corrected chi connectivity index (χ1v) is 8.00. The van der Waals surface area contributed by atoms with E-state index in [0.29, 0.717) is 5.13 Å². The molecule has 0 saturated carbocycles. The zero-order valence-electron chi connectivity index (χ0n) is 12.8. The Labute approximate surface area is 133 Å². The largest absolute Gasteiger partial charge is 0.345 e. The van der Waals surface area contributed by atoms with Crippen molar-refractivity contribution in [2.45, 2.75) is 33.2 Å². The van der Waals surface area contributed by atoms with Gasteiger partial charge in [-0.25, -0.2) is 4.98 Å². The third-order valence-electron chi connectivity index (χ3n) is 3.21. The number of aryl methyl sites for hydroxylation is 1. The Hall–Kier alpha value is -2.21. The highest BCUT2D eigenvalue weighted by atomic mass is 32.1. The van der Waals surface area contributed by atoms with Gasteiger partial charge in [-0.05, 0) is 18.9 Å². The highest BCUT2D eigenvalue weighted by Crippen LogP contribution is 2.25. The zero-order chi connectivity index (χ0) is 16.1. The number of thiazole rings is 1. The molecule has 0 bridgehead atoms. The zero-order valence-corrected chi connectivity index (χ0v) is 13.7. The Balaban J connectivity index is 2.04. The SMILES string of the molecule is CCc1ccc(-c2csc(NC(=O)[C@H](C)NC(C)=O)n2)cc1. The molecular formula is C16H19N3O2S. The predicted octanol–water partition coefficient (Wildman–Crippen LogP) is 2.84. The number of benzene rings is 1. The second-order valence-electron chi connectivity index (χ2n) is 5.00. The normalized spacial score (nSPS) is 11.8. The average molecular weight is 317 g/mol. The lowest BCUT2D eigenvalue weighted by Gasteiger charge is -2.10. The van der Waals surface area contributed by atoms with Crippen molar-refractivity contribution >= 4 is 28.3 Å². The summed E-state index contributed by atoms with van der Waals surface area (Å²) in [5, 5.41) is 7.68. The van der Waals surface area contributed by atoms with Crippen LogP contribution < -0.4 is 10.6 Å². The molecular weight excluding hydrogens is 298 g/mol. The lowest BCUT2D eigenvalue weighted by atomic mass is 10.1. The Bertz CT molecular complexity index is 664. The van der Waals surface area contributed by atoms with Crippen LogP contribution in [0.1, 0.15) is 26.3 Å². The molecule has 0 unspecified atom stereocenters. The van der Waals surface area contributed by atoms with Gasteiger partial charge in [0.25, 0.3) is 0 Å². The first-order valence-electron chi connectivity index (χ1n) is 7.12. The molecule has 5 nitrogen and oxygen atoms in total. The van der Waals surface area contributed by atoms with Crippen molar-refractivity contribution in [3.05, 3.63) is 35.2 Å². The third-order valence-corrected chi connectivity index (χ3v) is 3.96. The van der Waals surface area contributed by atoms with E-state index in [4.69, 9.17) is 0 Å². The van der Waals surface area contributed by atoms with Crippen LogP contribution in [0.15, 0.2) is 29.6 Å². The molecule has 2 amide bonds. The van der Waals surface area contributed by atoms with Crippen molar-refractivity contribution in [2.75, 3.05) is 5.32 Å². The van der Waals surface area contributed by atoms with Crippen LogP contribution in [0.5, 0.6) is 0 Å². The topological polar surface area (TPSA) is 71.1 Å². The van der Waals surface area contributed by atoms with Crippen LogP contribution in [0.25, 0.3) is 11.3 Å². The molecule has 116 valence electrons. The maximum atomic E-state index is 11.9. The van der Waals surface area contributed by atoms with Crippen molar-refractivity contribution in [2.24, 2.45) is 0 Å². The van der Waals surface area contributed by atoms with Gasteiger partial charge in [-0.15, -0.1) is 11.3 Å². The van der Waals surface area contributed by atoms with Gasteiger partial charge in [0.1, 0.15) is 6.04 Å². The molecule has 0 radical (unpaired) electrons. The molecule has 6 heteroatoms. The number of carbonyl (C=O) groups is 2. The van der Waals surface area contributed by atoms with E-state index < -0.39 is 6.04 Å². The highest BCUT2D eigenvalue weighted by molar-refractivity contribution is 7.14. The number of hydrogen-bond acceptors (Lipinski definition) is 4. The van der Waals surface area contributed by atoms with Crippen molar-refractivity contribution in [1.29, 1.82) is 0 Å². The summed E-state index contributed by atoms with van der Waals surface area (Å²) >= 11 is 1.36. The molecule has 0 fully saturated rings. The number of carbonyl (C=O) groups excluding carboxylic acids is 2. The van der Waals surface area contributed by atoms with Gasteiger partial charge in [-0.3, -0.25) is 9.59 Å². The lowest BCUT2D eigenvalue weighted by Crippen LogP contribution is -2.40. The number of nitrogens with zero attached hydrogens (tertiary/aromatic N) is 1. The summed E-state index contributed by atoms with van der Waals surface area (Å²) in [5.41, 5.74) is 3.12. The Kier molecular flexibility index (Phi) is 5.27. The maximum absolute atomic E-state index is 11.9. The molecule has 0 spiro atoms. The fraction of sp³-hybridized carbons (Fsp3) is 0.312. The van der Waals surface area contributed by atoms with Gasteiger partial charge in [0.15, 0.2) is 5.13 Å². The quantitative estimate of drug-likeness (QED) is 0.891. The number of hydrogen-bond donors (Lipinski definition) is 2. The van der Waals surface area contributed by atoms with Crippen molar-refractivity contribution < 1.29 is 9.59 Å². The van der Waals surface area contributed by atoms with Crippen LogP contribution in [0.2, 0.25) is 0 Å². The molecule has 1 heterocycles. The number of amides is 2. The second kappa shape index (κ2) is 7.17. The van der Waals surface area contributed by atoms with Crippen LogP contribution in [0.4, 0.5) is 5.13 Å². The number of nitrogens with one attached hydrogen (secondary N) is 2. The van der Waals surface area contributed by atoms with Crippen molar-refractivity contribution in [3.8, 4) is 11.3 Å². The number of anilines is 1. The minimum absolute atomic E-state index is 0.238. The number of rotatable bonds is 5. The molecule has 0 aliphatic carbocycles. The molecule has 0 saturated heterocycles. The smallest absolute Gasteiger partial charge is 0.248 e. The minimum Gasteiger partial charge on any atom is -0.345 e. The van der Waals surface area contributed by atoms with E-state index in [2.05, 4.69) is 34.7 Å². The summed E-state index contributed by atoms with van der Waals surface area (Å²) in [6.45, 7) is 5.13. The van der Waals surface area contributed by atoms with Gasteiger partial charge >= 0.3 is 0 Å². The summed E-state index contributed by atoms with van der Waals surface area (Å²) in [7, 11) is 0. The summed E-state index contributed by atoms with van der Waals surface area (Å²) in [6, 6.07) is 7.62. The van der Waals surface area contributed by atoms with Gasteiger partial charge < -0.3 is 10.6 Å². The van der Waals surface area contributed by atoms with E-state index in [1.165, 1.54) is 23.8 Å². The Morgan fingerprint density at radius 3 is 2.55 bits per heavy atom. The van der Waals surface area contributed by atoms with Crippen LogP contribution >= 0.6 is 11.3 Å². The minimum atomic E-state index is -0.589. The summed E-state index contributed by atoms with van der Waals surface area (Å²) in [5.74, 6) is -0.518. The summed E-state index contributed by atoms with van der Waals surface area (Å²) < 4.78 is 0.